The number of nitrogens with zero attached hydrogens (tertiary/aromatic N) is 2. The van der Waals surface area contributed by atoms with Crippen LogP contribution in [0.2, 0.25) is 0 Å². The summed E-state index contributed by atoms with van der Waals surface area (Å²) in [5.74, 6) is 0. The van der Waals surface area contributed by atoms with Crippen molar-refractivity contribution in [3.05, 3.63) is 43.4 Å². The fourth-order valence-electron chi connectivity index (χ4n) is 1.66. The Morgan fingerprint density at radius 3 is 3.05 bits per heavy atom. The summed E-state index contributed by atoms with van der Waals surface area (Å²) in [4.78, 5) is 12.0. The lowest BCUT2D eigenvalue weighted by Crippen LogP contribution is -2.26. The van der Waals surface area contributed by atoms with Crippen molar-refractivity contribution in [3.63, 3.8) is 0 Å². The van der Waals surface area contributed by atoms with E-state index in [4.69, 9.17) is 5.11 Å². The second kappa shape index (κ2) is 6.31. The van der Waals surface area contributed by atoms with Gasteiger partial charge in [0.15, 0.2) is 0 Å². The van der Waals surface area contributed by atoms with Crippen LogP contribution in [0.5, 0.6) is 0 Å². The molecule has 1 unspecified atom stereocenters. The first-order valence-electron chi connectivity index (χ1n) is 5.78. The van der Waals surface area contributed by atoms with Gasteiger partial charge in [-0.2, -0.15) is 16.4 Å². The molecule has 2 aromatic rings. The molecule has 0 fully saturated rings. The average Bonchev–Trinajstić information content (AvgIpc) is 2.92. The van der Waals surface area contributed by atoms with Crippen LogP contribution >= 0.6 is 27.3 Å². The molecule has 102 valence electrons. The fraction of sp³-hybridized carbons (Fsp3) is 0.333. The lowest BCUT2D eigenvalue weighted by molar-refractivity contribution is 0.266. The molecule has 7 heteroatoms. The molecule has 0 bridgehead atoms. The number of aromatic nitrogens is 2. The first-order chi connectivity index (χ1) is 9.13. The molecule has 0 aromatic carbocycles. The third kappa shape index (κ3) is 3.23. The Hall–Kier alpha value is -1.18. The molecule has 0 aliphatic heterocycles. The lowest BCUT2D eigenvalue weighted by atomic mass is 10.2. The van der Waals surface area contributed by atoms with Gasteiger partial charge in [-0.05, 0) is 45.2 Å². The Labute approximate surface area is 123 Å². The van der Waals surface area contributed by atoms with Crippen molar-refractivity contribution in [2.45, 2.75) is 19.5 Å². The van der Waals surface area contributed by atoms with Crippen molar-refractivity contribution in [2.75, 3.05) is 11.9 Å². The van der Waals surface area contributed by atoms with Crippen LogP contribution in [0, 0.1) is 0 Å². The fourth-order valence-corrected chi connectivity index (χ4v) is 2.83. The van der Waals surface area contributed by atoms with E-state index in [1.54, 1.807) is 17.5 Å². The minimum absolute atomic E-state index is 0.0949. The van der Waals surface area contributed by atoms with Crippen LogP contribution in [0.4, 0.5) is 5.69 Å². The van der Waals surface area contributed by atoms with Crippen molar-refractivity contribution in [1.82, 2.24) is 9.78 Å². The number of hydrogen-bond donors (Lipinski definition) is 2. The SMILES string of the molecule is CC(Nc1cnn(CCO)c(=O)c1Br)c1ccsc1. The van der Waals surface area contributed by atoms with E-state index in [0.717, 1.165) is 5.56 Å². The molecule has 2 rings (SSSR count). The van der Waals surface area contributed by atoms with Crippen molar-refractivity contribution in [1.29, 1.82) is 0 Å². The first-order valence-corrected chi connectivity index (χ1v) is 7.52. The molecule has 5 nitrogen and oxygen atoms in total. The third-order valence-corrected chi connectivity index (χ3v) is 4.18. The Morgan fingerprint density at radius 2 is 2.42 bits per heavy atom. The van der Waals surface area contributed by atoms with Crippen LogP contribution in [-0.2, 0) is 6.54 Å². The van der Waals surface area contributed by atoms with Gasteiger partial charge in [-0.3, -0.25) is 4.79 Å². The minimum atomic E-state index is -0.253. The maximum atomic E-state index is 12.0. The average molecular weight is 344 g/mol. The van der Waals surface area contributed by atoms with Gasteiger partial charge >= 0.3 is 0 Å². The second-order valence-electron chi connectivity index (χ2n) is 4.05. The molecule has 2 aromatic heterocycles. The number of anilines is 1. The highest BCUT2D eigenvalue weighted by Crippen LogP contribution is 2.24. The van der Waals surface area contributed by atoms with E-state index in [2.05, 4.69) is 31.7 Å². The predicted molar refractivity (Wildman–Crippen MR) is 79.6 cm³/mol. The molecule has 19 heavy (non-hydrogen) atoms. The van der Waals surface area contributed by atoms with Gasteiger partial charge in [-0.1, -0.05) is 0 Å². The standard InChI is InChI=1S/C12H14BrN3O2S/c1-8(9-2-5-19-7-9)15-10-6-14-16(3-4-17)12(18)11(10)13/h2,5-8,15,17H,3-4H2,1H3. The van der Waals surface area contributed by atoms with E-state index in [1.165, 1.54) is 4.68 Å². The molecule has 0 aliphatic carbocycles. The lowest BCUT2D eigenvalue weighted by Gasteiger charge is -2.15. The van der Waals surface area contributed by atoms with Gasteiger partial charge in [-0.15, -0.1) is 0 Å². The van der Waals surface area contributed by atoms with E-state index in [9.17, 15) is 4.79 Å². The largest absolute Gasteiger partial charge is 0.394 e. The summed E-state index contributed by atoms with van der Waals surface area (Å²) in [5, 5.41) is 20.2. The van der Waals surface area contributed by atoms with Gasteiger partial charge in [0.2, 0.25) is 0 Å². The second-order valence-corrected chi connectivity index (χ2v) is 5.62. The number of aliphatic hydroxyl groups excluding tert-OH is 1. The van der Waals surface area contributed by atoms with Gasteiger partial charge in [0, 0.05) is 6.04 Å². The van der Waals surface area contributed by atoms with Crippen LogP contribution < -0.4 is 10.9 Å². The Morgan fingerprint density at radius 1 is 1.63 bits per heavy atom. The van der Waals surface area contributed by atoms with Crippen molar-refractivity contribution < 1.29 is 5.11 Å². The topological polar surface area (TPSA) is 67.2 Å². The summed E-state index contributed by atoms with van der Waals surface area (Å²) in [6.07, 6.45) is 1.59. The molecule has 0 saturated carbocycles. The highest BCUT2D eigenvalue weighted by molar-refractivity contribution is 9.10. The molecule has 0 radical (unpaired) electrons. The molecule has 2 heterocycles. The smallest absolute Gasteiger partial charge is 0.283 e. The molecule has 1 atom stereocenters. The summed E-state index contributed by atoms with van der Waals surface area (Å²) in [5.41, 5.74) is 1.56. The Bertz CT molecular complexity index is 598. The summed E-state index contributed by atoms with van der Waals surface area (Å²) in [7, 11) is 0. The monoisotopic (exact) mass is 343 g/mol. The van der Waals surface area contributed by atoms with Crippen molar-refractivity contribution >= 4 is 33.0 Å². The normalized spacial score (nSPS) is 12.4. The summed E-state index contributed by atoms with van der Waals surface area (Å²) in [6, 6.07) is 2.13. The minimum Gasteiger partial charge on any atom is -0.394 e. The van der Waals surface area contributed by atoms with Crippen LogP contribution in [0.15, 0.2) is 32.3 Å². The number of hydrogen-bond acceptors (Lipinski definition) is 5. The Balaban J connectivity index is 2.22. The van der Waals surface area contributed by atoms with E-state index >= 15 is 0 Å². The van der Waals surface area contributed by atoms with E-state index < -0.39 is 0 Å². The molecular weight excluding hydrogens is 330 g/mol. The van der Waals surface area contributed by atoms with Gasteiger partial charge in [-0.25, -0.2) is 4.68 Å². The number of halogens is 1. The molecule has 2 N–H and O–H groups in total. The molecule has 0 aliphatic rings. The van der Waals surface area contributed by atoms with Crippen molar-refractivity contribution in [3.8, 4) is 0 Å². The number of nitrogens with one attached hydrogen (secondary N) is 1. The van der Waals surface area contributed by atoms with Gasteiger partial charge in [0.1, 0.15) is 4.47 Å². The first kappa shape index (κ1) is 14.2. The summed E-state index contributed by atoms with van der Waals surface area (Å²) in [6.45, 7) is 2.10. The van der Waals surface area contributed by atoms with Crippen LogP contribution in [0.1, 0.15) is 18.5 Å². The van der Waals surface area contributed by atoms with Gasteiger partial charge in [0.05, 0.1) is 25.0 Å². The van der Waals surface area contributed by atoms with E-state index in [-0.39, 0.29) is 24.8 Å². The number of aliphatic hydroxyl groups is 1. The highest BCUT2D eigenvalue weighted by atomic mass is 79.9. The zero-order chi connectivity index (χ0) is 13.8. The maximum Gasteiger partial charge on any atom is 0.283 e. The Kier molecular flexibility index (Phi) is 4.73. The van der Waals surface area contributed by atoms with Gasteiger partial charge < -0.3 is 10.4 Å². The molecule has 0 saturated heterocycles. The summed E-state index contributed by atoms with van der Waals surface area (Å²) >= 11 is 4.91. The summed E-state index contributed by atoms with van der Waals surface area (Å²) < 4.78 is 1.66. The van der Waals surface area contributed by atoms with Crippen molar-refractivity contribution in [2.24, 2.45) is 0 Å². The van der Waals surface area contributed by atoms with E-state index in [0.29, 0.717) is 10.2 Å². The van der Waals surface area contributed by atoms with Crippen LogP contribution in [0.25, 0.3) is 0 Å². The third-order valence-electron chi connectivity index (χ3n) is 2.71. The highest BCUT2D eigenvalue weighted by Gasteiger charge is 2.12. The van der Waals surface area contributed by atoms with Crippen LogP contribution in [-0.4, -0.2) is 21.5 Å². The molecular formula is C12H14BrN3O2S. The molecule has 0 amide bonds. The maximum absolute atomic E-state index is 12.0. The molecule has 0 spiro atoms. The predicted octanol–water partition coefficient (Wildman–Crippen LogP) is 2.23. The van der Waals surface area contributed by atoms with E-state index in [1.807, 2.05) is 18.4 Å². The number of rotatable bonds is 5. The number of thiophene rings is 1. The van der Waals surface area contributed by atoms with Crippen LogP contribution in [0.3, 0.4) is 0 Å². The zero-order valence-corrected chi connectivity index (χ0v) is 12.7. The zero-order valence-electron chi connectivity index (χ0n) is 10.3. The quantitative estimate of drug-likeness (QED) is 0.873. The van der Waals surface area contributed by atoms with Gasteiger partial charge in [0.25, 0.3) is 5.56 Å².